The van der Waals surface area contributed by atoms with Crippen molar-refractivity contribution in [2.75, 3.05) is 5.32 Å². The van der Waals surface area contributed by atoms with Gasteiger partial charge in [-0.05, 0) is 36.2 Å². The van der Waals surface area contributed by atoms with E-state index in [1.54, 1.807) is 18.6 Å². The lowest BCUT2D eigenvalue weighted by atomic mass is 10.1. The molecule has 0 aliphatic rings. The van der Waals surface area contributed by atoms with E-state index in [-0.39, 0.29) is 6.04 Å². The third-order valence-corrected chi connectivity index (χ3v) is 6.52. The van der Waals surface area contributed by atoms with E-state index in [0.29, 0.717) is 23.3 Å². The molecule has 3 aromatic heterocycles. The van der Waals surface area contributed by atoms with E-state index in [4.69, 9.17) is 21.6 Å². The molecule has 1 unspecified atom stereocenters. The number of aromatic nitrogens is 6. The van der Waals surface area contributed by atoms with Gasteiger partial charge in [0.15, 0.2) is 0 Å². The largest absolute Gasteiger partial charge is 0.348 e. The smallest absolute Gasteiger partial charge is 0.225 e. The average molecular weight is 518 g/mol. The minimum Gasteiger partial charge on any atom is -0.348 e. The van der Waals surface area contributed by atoms with Crippen LogP contribution in [0.4, 0.5) is 5.95 Å². The van der Waals surface area contributed by atoms with E-state index >= 15 is 0 Å². The maximum absolute atomic E-state index is 6.37. The molecule has 6 rings (SSSR count). The fourth-order valence-corrected chi connectivity index (χ4v) is 4.60. The molecule has 1 N–H and O–H groups in total. The van der Waals surface area contributed by atoms with Crippen molar-refractivity contribution < 1.29 is 0 Å². The fraction of sp³-hybridized carbons (Fsp3) is 0.100. The van der Waals surface area contributed by atoms with Gasteiger partial charge in [0, 0.05) is 24.2 Å². The highest BCUT2D eigenvalue weighted by atomic mass is 35.5. The second kappa shape index (κ2) is 10.4. The second-order valence-corrected chi connectivity index (χ2v) is 9.37. The van der Waals surface area contributed by atoms with Gasteiger partial charge in [-0.1, -0.05) is 78.3 Å². The van der Waals surface area contributed by atoms with Gasteiger partial charge in [0.25, 0.3) is 0 Å². The molecule has 0 radical (unpaired) electrons. The van der Waals surface area contributed by atoms with Gasteiger partial charge >= 0.3 is 0 Å². The first kappa shape index (κ1) is 23.8. The summed E-state index contributed by atoms with van der Waals surface area (Å²) in [5.41, 5.74) is 5.73. The number of imidazole rings is 1. The zero-order valence-corrected chi connectivity index (χ0v) is 21.4. The Morgan fingerprint density at radius 1 is 0.842 bits per heavy atom. The van der Waals surface area contributed by atoms with Crippen molar-refractivity contribution in [2.45, 2.75) is 19.4 Å². The maximum atomic E-state index is 6.37. The topological polar surface area (TPSA) is 81.4 Å². The van der Waals surface area contributed by atoms with E-state index in [9.17, 15) is 0 Å². The van der Waals surface area contributed by atoms with Crippen molar-refractivity contribution in [2.24, 2.45) is 0 Å². The number of benzene rings is 3. The normalized spacial score (nSPS) is 11.9. The quantitative estimate of drug-likeness (QED) is 0.237. The summed E-state index contributed by atoms with van der Waals surface area (Å²) in [5.74, 6) is 1.96. The van der Waals surface area contributed by atoms with Crippen molar-refractivity contribution >= 4 is 28.6 Å². The van der Waals surface area contributed by atoms with E-state index in [1.807, 2.05) is 65.2 Å². The van der Waals surface area contributed by atoms with Crippen molar-refractivity contribution in [1.82, 2.24) is 29.5 Å². The van der Waals surface area contributed by atoms with Crippen LogP contribution in [0.3, 0.4) is 0 Å². The van der Waals surface area contributed by atoms with Gasteiger partial charge in [-0.25, -0.2) is 19.9 Å². The van der Waals surface area contributed by atoms with Gasteiger partial charge in [0.1, 0.15) is 23.1 Å². The molecule has 0 spiro atoms. The van der Waals surface area contributed by atoms with Gasteiger partial charge in [0.2, 0.25) is 5.95 Å². The highest BCUT2D eigenvalue weighted by Gasteiger charge is 2.12. The maximum Gasteiger partial charge on any atom is 0.225 e. The summed E-state index contributed by atoms with van der Waals surface area (Å²) >= 11 is 6.37. The fourth-order valence-electron chi connectivity index (χ4n) is 4.40. The highest BCUT2D eigenvalue weighted by molar-refractivity contribution is 6.29. The lowest BCUT2D eigenvalue weighted by Gasteiger charge is -2.14. The van der Waals surface area contributed by atoms with E-state index in [1.165, 1.54) is 5.56 Å². The molecule has 3 aromatic carbocycles. The number of nitrogens with one attached hydrogen (secondary N) is 1. The van der Waals surface area contributed by atoms with Crippen molar-refractivity contribution in [3.05, 3.63) is 126 Å². The summed E-state index contributed by atoms with van der Waals surface area (Å²) in [6.07, 6.45) is 4.13. The van der Waals surface area contributed by atoms with Crippen LogP contribution >= 0.6 is 11.6 Å². The third-order valence-electron chi connectivity index (χ3n) is 6.32. The zero-order valence-electron chi connectivity index (χ0n) is 20.7. The van der Waals surface area contributed by atoms with Crippen LogP contribution in [-0.2, 0) is 6.42 Å². The van der Waals surface area contributed by atoms with Crippen molar-refractivity contribution in [3.8, 4) is 17.1 Å². The first-order valence-corrected chi connectivity index (χ1v) is 12.7. The Kier molecular flexibility index (Phi) is 6.50. The Bertz CT molecular complexity index is 1700. The molecule has 0 aliphatic carbocycles. The zero-order chi connectivity index (χ0) is 25.9. The number of anilines is 1. The molecule has 0 aliphatic heterocycles. The molecular formula is C30H24ClN7. The average Bonchev–Trinajstić information content (AvgIpc) is 3.37. The van der Waals surface area contributed by atoms with Crippen LogP contribution in [0.1, 0.15) is 29.9 Å². The Labute approximate surface area is 225 Å². The van der Waals surface area contributed by atoms with Gasteiger partial charge in [-0.2, -0.15) is 4.98 Å². The molecule has 7 nitrogen and oxygen atoms in total. The number of nitrogens with zero attached hydrogens (tertiary/aromatic N) is 6. The number of hydrogen-bond donors (Lipinski definition) is 1. The molecule has 38 heavy (non-hydrogen) atoms. The lowest BCUT2D eigenvalue weighted by molar-refractivity contribution is 0.854. The van der Waals surface area contributed by atoms with Crippen LogP contribution in [0.15, 0.2) is 104 Å². The van der Waals surface area contributed by atoms with Gasteiger partial charge in [0.05, 0.1) is 22.8 Å². The first-order chi connectivity index (χ1) is 18.6. The number of halogens is 1. The minimum atomic E-state index is 0.0695. The van der Waals surface area contributed by atoms with Gasteiger partial charge in [-0.3, -0.25) is 4.57 Å². The molecule has 6 aromatic rings. The van der Waals surface area contributed by atoms with Crippen LogP contribution in [-0.4, -0.2) is 29.5 Å². The molecule has 0 saturated carbocycles. The second-order valence-electron chi connectivity index (χ2n) is 8.99. The van der Waals surface area contributed by atoms with Crippen molar-refractivity contribution in [1.29, 1.82) is 0 Å². The molecule has 8 heteroatoms. The van der Waals surface area contributed by atoms with Crippen LogP contribution in [0.25, 0.3) is 28.1 Å². The first-order valence-electron chi connectivity index (χ1n) is 12.3. The Morgan fingerprint density at radius 2 is 1.63 bits per heavy atom. The molecule has 0 amide bonds. The monoisotopic (exact) mass is 517 g/mol. The standard InChI is InChI=1S/C30H24ClN7/c1-20(22-10-6-3-7-11-22)34-30-32-15-14-29(37-30)38-19-33-25-17-23(12-13-26(25)38)24-18-27(31)36-28(35-24)16-21-8-4-2-5-9-21/h2-15,17-20H,16H2,1H3,(H,32,34,37). The van der Waals surface area contributed by atoms with Crippen LogP contribution in [0.2, 0.25) is 5.15 Å². The van der Waals surface area contributed by atoms with Gasteiger partial charge < -0.3 is 5.32 Å². The third kappa shape index (κ3) is 5.10. The lowest BCUT2D eigenvalue weighted by Crippen LogP contribution is -2.10. The van der Waals surface area contributed by atoms with Gasteiger partial charge in [-0.15, -0.1) is 0 Å². The van der Waals surface area contributed by atoms with E-state index in [2.05, 4.69) is 51.5 Å². The molecular weight excluding hydrogens is 494 g/mol. The molecule has 3 heterocycles. The van der Waals surface area contributed by atoms with E-state index < -0.39 is 0 Å². The Morgan fingerprint density at radius 3 is 2.45 bits per heavy atom. The summed E-state index contributed by atoms with van der Waals surface area (Å²) in [6, 6.07) is 30.1. The molecule has 186 valence electrons. The van der Waals surface area contributed by atoms with Crippen molar-refractivity contribution in [3.63, 3.8) is 0 Å². The van der Waals surface area contributed by atoms with Crippen LogP contribution in [0.5, 0.6) is 0 Å². The number of rotatable bonds is 7. The summed E-state index contributed by atoms with van der Waals surface area (Å²) < 4.78 is 1.95. The SMILES string of the molecule is CC(Nc1nccc(-n2cnc3cc(-c4cc(Cl)nc(Cc5ccccc5)n4)ccc32)n1)c1ccccc1. The predicted molar refractivity (Wildman–Crippen MR) is 150 cm³/mol. The molecule has 0 fully saturated rings. The summed E-state index contributed by atoms with van der Waals surface area (Å²) in [5, 5.41) is 3.80. The highest BCUT2D eigenvalue weighted by Crippen LogP contribution is 2.26. The summed E-state index contributed by atoms with van der Waals surface area (Å²) in [7, 11) is 0. The summed E-state index contributed by atoms with van der Waals surface area (Å²) in [4.78, 5) is 23.0. The molecule has 1 atom stereocenters. The van der Waals surface area contributed by atoms with Crippen LogP contribution < -0.4 is 5.32 Å². The summed E-state index contributed by atoms with van der Waals surface area (Å²) in [6.45, 7) is 2.09. The molecule has 0 bridgehead atoms. The Hall–Kier alpha value is -4.62. The molecule has 0 saturated heterocycles. The van der Waals surface area contributed by atoms with Crippen LogP contribution in [0, 0.1) is 0 Å². The Balaban J connectivity index is 1.27. The van der Waals surface area contributed by atoms with E-state index in [0.717, 1.165) is 33.7 Å². The minimum absolute atomic E-state index is 0.0695. The number of fused-ring (bicyclic) bond motifs is 1. The number of hydrogen-bond acceptors (Lipinski definition) is 6. The predicted octanol–water partition coefficient (Wildman–Crippen LogP) is 6.69.